The minimum Gasteiger partial charge on any atom is -0.308 e. The van der Waals surface area contributed by atoms with Crippen LogP contribution in [0.4, 0.5) is 17.1 Å². The van der Waals surface area contributed by atoms with Gasteiger partial charge in [-0.2, -0.15) is 5.26 Å². The summed E-state index contributed by atoms with van der Waals surface area (Å²) in [6.07, 6.45) is 0. The van der Waals surface area contributed by atoms with Gasteiger partial charge in [0.05, 0.1) is 22.6 Å². The van der Waals surface area contributed by atoms with Crippen LogP contribution >= 0.6 is 15.9 Å². The van der Waals surface area contributed by atoms with Gasteiger partial charge in [-0.3, -0.25) is 0 Å². The van der Waals surface area contributed by atoms with Crippen molar-refractivity contribution in [3.8, 4) is 17.2 Å². The fourth-order valence-corrected chi connectivity index (χ4v) is 7.48. The molecular formula is C38H25BrN2. The summed E-state index contributed by atoms with van der Waals surface area (Å²) in [5.41, 5.74) is 8.65. The molecule has 7 aromatic carbocycles. The van der Waals surface area contributed by atoms with Crippen LogP contribution in [0.3, 0.4) is 0 Å². The maximum atomic E-state index is 10.3. The molecule has 194 valence electrons. The SMILES string of the molecule is CC1(C)c2ccccc2-c2c(N(c3ccccc3C#N)c3ccc4ccc5c(Br)ccc6ccc3c4c65)cccc21. The van der Waals surface area contributed by atoms with Gasteiger partial charge in [0.2, 0.25) is 0 Å². The quantitative estimate of drug-likeness (QED) is 0.192. The molecule has 1 aliphatic carbocycles. The van der Waals surface area contributed by atoms with Gasteiger partial charge in [-0.15, -0.1) is 0 Å². The summed E-state index contributed by atoms with van der Waals surface area (Å²) in [5, 5.41) is 17.6. The Balaban J connectivity index is 1.52. The Labute approximate surface area is 247 Å². The highest BCUT2D eigenvalue weighted by atomic mass is 79.9. The summed E-state index contributed by atoms with van der Waals surface area (Å²) in [4.78, 5) is 2.32. The summed E-state index contributed by atoms with van der Waals surface area (Å²) < 4.78 is 1.09. The minimum atomic E-state index is -0.128. The second-order valence-corrected chi connectivity index (χ2v) is 12.2. The van der Waals surface area contributed by atoms with E-state index in [4.69, 9.17) is 0 Å². The number of para-hydroxylation sites is 1. The summed E-state index contributed by atoms with van der Waals surface area (Å²) in [7, 11) is 0. The van der Waals surface area contributed by atoms with Gasteiger partial charge in [0.1, 0.15) is 6.07 Å². The molecule has 0 saturated heterocycles. The first-order valence-corrected chi connectivity index (χ1v) is 14.7. The van der Waals surface area contributed by atoms with Crippen LogP contribution in [-0.4, -0.2) is 0 Å². The van der Waals surface area contributed by atoms with Crippen molar-refractivity contribution in [3.05, 3.63) is 136 Å². The molecule has 0 spiro atoms. The maximum absolute atomic E-state index is 10.3. The molecule has 0 aliphatic heterocycles. The van der Waals surface area contributed by atoms with E-state index in [0.717, 1.165) is 26.9 Å². The Kier molecular flexibility index (Phi) is 5.11. The van der Waals surface area contributed by atoms with Gasteiger partial charge in [-0.05, 0) is 74.0 Å². The van der Waals surface area contributed by atoms with Gasteiger partial charge < -0.3 is 4.90 Å². The molecule has 0 radical (unpaired) electrons. The third-order valence-corrected chi connectivity index (χ3v) is 9.61. The predicted octanol–water partition coefficient (Wildman–Crippen LogP) is 11.0. The molecule has 2 nitrogen and oxygen atoms in total. The molecule has 7 aromatic rings. The number of nitrogens with zero attached hydrogens (tertiary/aromatic N) is 2. The Morgan fingerprint density at radius 2 is 1.24 bits per heavy atom. The Morgan fingerprint density at radius 1 is 0.610 bits per heavy atom. The lowest BCUT2D eigenvalue weighted by atomic mass is 9.82. The van der Waals surface area contributed by atoms with Crippen molar-refractivity contribution in [1.29, 1.82) is 5.26 Å². The molecule has 0 aromatic heterocycles. The lowest BCUT2D eigenvalue weighted by Crippen LogP contribution is -2.16. The molecule has 1 aliphatic rings. The number of rotatable bonds is 3. The second-order valence-electron chi connectivity index (χ2n) is 11.4. The van der Waals surface area contributed by atoms with Gasteiger partial charge in [-0.1, -0.05) is 115 Å². The van der Waals surface area contributed by atoms with Gasteiger partial charge in [-0.25, -0.2) is 0 Å². The highest BCUT2D eigenvalue weighted by Gasteiger charge is 2.38. The third kappa shape index (κ3) is 3.29. The van der Waals surface area contributed by atoms with Crippen LogP contribution in [0, 0.1) is 11.3 Å². The molecule has 0 fully saturated rings. The standard InChI is InChI=1S/C38H25BrN2/c1-38(2)29-10-5-4-9-26(29)37-30(38)11-7-13-34(37)41(32-12-6-3-8-25(32)22-40)33-21-17-24-14-18-27-31(39)20-16-23-15-19-28(33)36(24)35(23)27/h3-21H,1-2H3. The van der Waals surface area contributed by atoms with Crippen LogP contribution in [0.1, 0.15) is 30.5 Å². The summed E-state index contributed by atoms with van der Waals surface area (Å²) in [6.45, 7) is 4.62. The van der Waals surface area contributed by atoms with Crippen molar-refractivity contribution < 1.29 is 0 Å². The highest BCUT2D eigenvalue weighted by molar-refractivity contribution is 9.10. The van der Waals surface area contributed by atoms with Crippen molar-refractivity contribution in [1.82, 2.24) is 0 Å². The van der Waals surface area contributed by atoms with Gasteiger partial charge in [0, 0.05) is 20.8 Å². The van der Waals surface area contributed by atoms with Gasteiger partial charge in [0.15, 0.2) is 0 Å². The van der Waals surface area contributed by atoms with E-state index < -0.39 is 0 Å². The van der Waals surface area contributed by atoms with Gasteiger partial charge >= 0.3 is 0 Å². The first-order chi connectivity index (χ1) is 20.0. The number of nitriles is 1. The molecule has 0 heterocycles. The molecule has 8 rings (SSSR count). The van der Waals surface area contributed by atoms with Crippen LogP contribution in [0.25, 0.3) is 43.4 Å². The minimum absolute atomic E-state index is 0.128. The molecule has 0 N–H and O–H groups in total. The summed E-state index contributed by atoms with van der Waals surface area (Å²) >= 11 is 3.79. The number of halogens is 1. The molecule has 0 unspecified atom stereocenters. The van der Waals surface area contributed by atoms with E-state index >= 15 is 0 Å². The summed E-state index contributed by atoms with van der Waals surface area (Å²) in [6, 6.07) is 43.5. The van der Waals surface area contributed by atoms with E-state index in [1.54, 1.807) is 0 Å². The zero-order valence-electron chi connectivity index (χ0n) is 22.7. The highest BCUT2D eigenvalue weighted by Crippen LogP contribution is 2.55. The fraction of sp³-hybridized carbons (Fsp3) is 0.0789. The van der Waals surface area contributed by atoms with Crippen LogP contribution < -0.4 is 4.90 Å². The normalized spacial score (nSPS) is 13.4. The fourth-order valence-electron chi connectivity index (χ4n) is 7.02. The first-order valence-electron chi connectivity index (χ1n) is 13.9. The average molecular weight is 590 g/mol. The average Bonchev–Trinajstić information content (AvgIpc) is 3.25. The van der Waals surface area contributed by atoms with Gasteiger partial charge in [0.25, 0.3) is 0 Å². The first kappa shape index (κ1) is 24.2. The zero-order valence-corrected chi connectivity index (χ0v) is 24.3. The van der Waals surface area contributed by atoms with Crippen LogP contribution in [0.2, 0.25) is 0 Å². The van der Waals surface area contributed by atoms with Crippen LogP contribution in [-0.2, 0) is 5.41 Å². The van der Waals surface area contributed by atoms with Crippen molar-refractivity contribution in [2.45, 2.75) is 19.3 Å². The Bertz CT molecular complexity index is 2220. The monoisotopic (exact) mass is 588 g/mol. The number of hydrogen-bond acceptors (Lipinski definition) is 2. The lowest BCUT2D eigenvalue weighted by molar-refractivity contribution is 0.660. The number of hydrogen-bond donors (Lipinski definition) is 0. The number of fused-ring (bicyclic) bond motifs is 3. The maximum Gasteiger partial charge on any atom is 0.101 e. The molecule has 0 amide bonds. The van der Waals surface area contributed by atoms with E-state index in [2.05, 4.69) is 138 Å². The second kappa shape index (κ2) is 8.67. The molecule has 41 heavy (non-hydrogen) atoms. The Hall–Kier alpha value is -4.65. The van der Waals surface area contributed by atoms with Crippen molar-refractivity contribution in [2.75, 3.05) is 4.90 Å². The molecular weight excluding hydrogens is 564 g/mol. The predicted molar refractivity (Wildman–Crippen MR) is 175 cm³/mol. The zero-order chi connectivity index (χ0) is 27.9. The van der Waals surface area contributed by atoms with Crippen molar-refractivity contribution in [2.24, 2.45) is 0 Å². The van der Waals surface area contributed by atoms with Crippen LogP contribution in [0.5, 0.6) is 0 Å². The lowest BCUT2D eigenvalue weighted by Gasteiger charge is -2.31. The van der Waals surface area contributed by atoms with E-state index in [1.165, 1.54) is 49.2 Å². The smallest absolute Gasteiger partial charge is 0.101 e. The molecule has 0 atom stereocenters. The molecule has 0 bridgehead atoms. The summed E-state index contributed by atoms with van der Waals surface area (Å²) in [5.74, 6) is 0. The van der Waals surface area contributed by atoms with Crippen molar-refractivity contribution >= 4 is 65.3 Å². The third-order valence-electron chi connectivity index (χ3n) is 8.92. The largest absolute Gasteiger partial charge is 0.308 e. The van der Waals surface area contributed by atoms with E-state index in [9.17, 15) is 5.26 Å². The van der Waals surface area contributed by atoms with E-state index in [0.29, 0.717) is 5.56 Å². The molecule has 3 heteroatoms. The van der Waals surface area contributed by atoms with E-state index in [1.807, 2.05) is 18.2 Å². The molecule has 0 saturated carbocycles. The van der Waals surface area contributed by atoms with Crippen molar-refractivity contribution in [3.63, 3.8) is 0 Å². The van der Waals surface area contributed by atoms with Crippen LogP contribution in [0.15, 0.2) is 120 Å². The number of anilines is 3. The Morgan fingerprint density at radius 3 is 2.07 bits per heavy atom. The van der Waals surface area contributed by atoms with E-state index in [-0.39, 0.29) is 5.41 Å². The number of benzene rings is 7. The topological polar surface area (TPSA) is 27.0 Å².